The summed E-state index contributed by atoms with van der Waals surface area (Å²) in [7, 11) is 0. The molecule has 2 aliphatic heterocycles. The Bertz CT molecular complexity index is 617. The van der Waals surface area contributed by atoms with Crippen molar-refractivity contribution in [3.05, 3.63) is 29.6 Å². The van der Waals surface area contributed by atoms with Crippen LogP contribution in [0.1, 0.15) is 17.8 Å². The minimum Gasteiger partial charge on any atom is -0.384 e. The lowest BCUT2D eigenvalue weighted by molar-refractivity contribution is 0.185. The van der Waals surface area contributed by atoms with Crippen molar-refractivity contribution in [2.24, 2.45) is 5.92 Å². The van der Waals surface area contributed by atoms with E-state index in [1.54, 1.807) is 0 Å². The van der Waals surface area contributed by atoms with E-state index in [1.807, 2.05) is 0 Å². The highest BCUT2D eigenvalue weighted by molar-refractivity contribution is 5.66. The summed E-state index contributed by atoms with van der Waals surface area (Å²) in [6.07, 6.45) is 3.02. The first-order chi connectivity index (χ1) is 9.88. The van der Waals surface area contributed by atoms with E-state index < -0.39 is 0 Å². The summed E-state index contributed by atoms with van der Waals surface area (Å²) in [6, 6.07) is 6.29. The molecule has 1 N–H and O–H groups in total. The van der Waals surface area contributed by atoms with E-state index in [-0.39, 0.29) is 0 Å². The number of nitrogens with zero attached hydrogens (tertiary/aromatic N) is 2. The number of ether oxygens (including phenoxy) is 1. The largest absolute Gasteiger partial charge is 0.384 e. The molecule has 0 spiro atoms. The van der Waals surface area contributed by atoms with Crippen molar-refractivity contribution in [2.75, 3.05) is 25.1 Å². The zero-order chi connectivity index (χ0) is 13.4. The Hall–Kier alpha value is -1.88. The van der Waals surface area contributed by atoms with Crippen molar-refractivity contribution in [1.29, 1.82) is 0 Å². The third-order valence-electron chi connectivity index (χ3n) is 4.03. The summed E-state index contributed by atoms with van der Waals surface area (Å²) in [5.74, 6) is 1.92. The molecule has 104 valence electrons. The second kappa shape index (κ2) is 4.90. The number of fused-ring (bicyclic) bond motifs is 1. The molecule has 3 heterocycles. The van der Waals surface area contributed by atoms with Gasteiger partial charge in [-0.15, -0.1) is 0 Å². The fraction of sp³-hybridized carbons (Fsp3) is 0.467. The number of hydrogen-bond acceptors (Lipinski definition) is 5. The van der Waals surface area contributed by atoms with Gasteiger partial charge in [-0.3, -0.25) is 0 Å². The van der Waals surface area contributed by atoms with E-state index in [9.17, 15) is 0 Å². The molecule has 20 heavy (non-hydrogen) atoms. The maximum atomic E-state index is 5.39. The Morgan fingerprint density at radius 2 is 2.35 bits per heavy atom. The first-order valence-electron chi connectivity index (χ1n) is 7.16. The molecule has 0 aliphatic carbocycles. The van der Waals surface area contributed by atoms with Crippen molar-refractivity contribution in [1.82, 2.24) is 10.1 Å². The van der Waals surface area contributed by atoms with Crippen LogP contribution in [0.25, 0.3) is 11.5 Å². The molecule has 1 aromatic heterocycles. The first kappa shape index (κ1) is 11.9. The van der Waals surface area contributed by atoms with E-state index >= 15 is 0 Å². The van der Waals surface area contributed by atoms with Gasteiger partial charge in [0, 0.05) is 37.4 Å². The predicted octanol–water partition coefficient (Wildman–Crippen LogP) is 2.28. The summed E-state index contributed by atoms with van der Waals surface area (Å²) < 4.78 is 10.8. The zero-order valence-electron chi connectivity index (χ0n) is 11.3. The van der Waals surface area contributed by atoms with Crippen molar-refractivity contribution < 1.29 is 9.26 Å². The fourth-order valence-corrected chi connectivity index (χ4v) is 2.88. The second-order valence-electron chi connectivity index (χ2n) is 5.50. The monoisotopic (exact) mass is 271 g/mol. The molecule has 0 bridgehead atoms. The molecule has 5 nitrogen and oxygen atoms in total. The Morgan fingerprint density at radius 3 is 3.25 bits per heavy atom. The van der Waals surface area contributed by atoms with Gasteiger partial charge in [0.25, 0.3) is 5.89 Å². The summed E-state index contributed by atoms with van der Waals surface area (Å²) in [5, 5.41) is 7.46. The molecule has 1 fully saturated rings. The molecule has 0 saturated carbocycles. The Labute approximate surface area is 117 Å². The average Bonchev–Trinajstić information content (AvgIpc) is 3.19. The second-order valence-corrected chi connectivity index (χ2v) is 5.50. The summed E-state index contributed by atoms with van der Waals surface area (Å²) >= 11 is 0. The standard InChI is InChI=1S/C15H17N3O2/c1-2-12(8-13-11(1)3-5-16-13)15-17-14(18-20-15)7-10-4-6-19-9-10/h1-2,8,10,16H,3-7,9H2. The van der Waals surface area contributed by atoms with Gasteiger partial charge in [-0.2, -0.15) is 4.98 Å². The van der Waals surface area contributed by atoms with Crippen molar-refractivity contribution in [2.45, 2.75) is 19.3 Å². The number of aromatic nitrogens is 2. The van der Waals surface area contributed by atoms with Crippen LogP contribution in [0.2, 0.25) is 0 Å². The van der Waals surface area contributed by atoms with Gasteiger partial charge in [0.15, 0.2) is 5.82 Å². The minimum absolute atomic E-state index is 0.530. The van der Waals surface area contributed by atoms with Crippen molar-refractivity contribution in [3.63, 3.8) is 0 Å². The summed E-state index contributed by atoms with van der Waals surface area (Å²) in [5.41, 5.74) is 3.53. The molecule has 4 rings (SSSR count). The number of anilines is 1. The van der Waals surface area contributed by atoms with Crippen LogP contribution in [0.3, 0.4) is 0 Å². The topological polar surface area (TPSA) is 60.2 Å². The first-order valence-corrected chi connectivity index (χ1v) is 7.16. The summed E-state index contributed by atoms with van der Waals surface area (Å²) in [6.45, 7) is 2.67. The molecule has 1 aromatic carbocycles. The van der Waals surface area contributed by atoms with Crippen LogP contribution >= 0.6 is 0 Å². The molecule has 1 saturated heterocycles. The smallest absolute Gasteiger partial charge is 0.257 e. The van der Waals surface area contributed by atoms with Crippen LogP contribution < -0.4 is 5.32 Å². The van der Waals surface area contributed by atoms with Gasteiger partial charge in [0.2, 0.25) is 0 Å². The van der Waals surface area contributed by atoms with E-state index in [0.717, 1.165) is 50.4 Å². The SMILES string of the molecule is c1cc2c(cc1-c1nc(CC3CCOC3)no1)NCC2. The van der Waals surface area contributed by atoms with Crippen LogP contribution in [0.15, 0.2) is 22.7 Å². The number of benzene rings is 1. The molecule has 0 radical (unpaired) electrons. The van der Waals surface area contributed by atoms with Crippen LogP contribution in [-0.2, 0) is 17.6 Å². The van der Waals surface area contributed by atoms with Gasteiger partial charge >= 0.3 is 0 Å². The van der Waals surface area contributed by atoms with Gasteiger partial charge in [0.05, 0.1) is 0 Å². The van der Waals surface area contributed by atoms with Crippen LogP contribution in [0.5, 0.6) is 0 Å². The Morgan fingerprint density at radius 1 is 1.35 bits per heavy atom. The zero-order valence-corrected chi connectivity index (χ0v) is 11.3. The maximum Gasteiger partial charge on any atom is 0.257 e. The van der Waals surface area contributed by atoms with Gasteiger partial charge in [-0.1, -0.05) is 11.2 Å². The van der Waals surface area contributed by atoms with E-state index in [1.165, 1.54) is 11.3 Å². The predicted molar refractivity (Wildman–Crippen MR) is 74.6 cm³/mol. The van der Waals surface area contributed by atoms with Crippen LogP contribution in [0.4, 0.5) is 5.69 Å². The number of nitrogens with one attached hydrogen (secondary N) is 1. The fourth-order valence-electron chi connectivity index (χ4n) is 2.88. The lowest BCUT2D eigenvalue weighted by atomic mass is 10.1. The number of rotatable bonds is 3. The molecule has 1 atom stereocenters. The third kappa shape index (κ3) is 2.18. The molecule has 5 heteroatoms. The highest BCUT2D eigenvalue weighted by Crippen LogP contribution is 2.28. The van der Waals surface area contributed by atoms with Crippen LogP contribution in [-0.4, -0.2) is 29.9 Å². The maximum absolute atomic E-state index is 5.39. The van der Waals surface area contributed by atoms with Gasteiger partial charge in [0.1, 0.15) is 0 Å². The highest BCUT2D eigenvalue weighted by Gasteiger charge is 2.20. The third-order valence-corrected chi connectivity index (χ3v) is 4.03. The van der Waals surface area contributed by atoms with E-state index in [2.05, 4.69) is 33.7 Å². The van der Waals surface area contributed by atoms with Gasteiger partial charge in [-0.05, 0) is 36.5 Å². The minimum atomic E-state index is 0.530. The average molecular weight is 271 g/mol. The normalized spacial score (nSPS) is 20.9. The summed E-state index contributed by atoms with van der Waals surface area (Å²) in [4.78, 5) is 4.51. The lowest BCUT2D eigenvalue weighted by Gasteiger charge is -2.01. The number of hydrogen-bond donors (Lipinski definition) is 1. The van der Waals surface area contributed by atoms with Gasteiger partial charge < -0.3 is 14.6 Å². The molecular formula is C15H17N3O2. The van der Waals surface area contributed by atoms with Crippen LogP contribution in [0, 0.1) is 5.92 Å². The molecule has 0 amide bonds. The molecule has 2 aliphatic rings. The molecule has 2 aromatic rings. The van der Waals surface area contributed by atoms with E-state index in [4.69, 9.17) is 9.26 Å². The van der Waals surface area contributed by atoms with Crippen molar-refractivity contribution >= 4 is 5.69 Å². The quantitative estimate of drug-likeness (QED) is 0.928. The Balaban J connectivity index is 1.55. The van der Waals surface area contributed by atoms with E-state index in [0.29, 0.717) is 11.8 Å². The highest BCUT2D eigenvalue weighted by atomic mass is 16.5. The lowest BCUT2D eigenvalue weighted by Crippen LogP contribution is -2.04. The molecule has 1 unspecified atom stereocenters. The van der Waals surface area contributed by atoms with Crippen molar-refractivity contribution in [3.8, 4) is 11.5 Å². The van der Waals surface area contributed by atoms with Gasteiger partial charge in [-0.25, -0.2) is 0 Å². The molecular weight excluding hydrogens is 254 g/mol. The Kier molecular flexibility index (Phi) is 2.92.